The van der Waals surface area contributed by atoms with Gasteiger partial charge in [-0.1, -0.05) is 0 Å². The minimum absolute atomic E-state index is 0.0909. The Morgan fingerprint density at radius 2 is 1.87 bits per heavy atom. The Morgan fingerprint density at radius 3 is 2.43 bits per heavy atom. The second kappa shape index (κ2) is 7.18. The Labute approximate surface area is 132 Å². The summed E-state index contributed by atoms with van der Waals surface area (Å²) in [5.41, 5.74) is 0.0909. The van der Waals surface area contributed by atoms with Gasteiger partial charge < -0.3 is 14.4 Å². The van der Waals surface area contributed by atoms with E-state index in [0.29, 0.717) is 0 Å². The van der Waals surface area contributed by atoms with Crippen LogP contribution in [0.1, 0.15) is 10.4 Å². The number of nitrogens with zero attached hydrogens (tertiary/aromatic N) is 2. The van der Waals surface area contributed by atoms with Crippen LogP contribution in [0, 0.1) is 0 Å². The fourth-order valence-electron chi connectivity index (χ4n) is 2.40. The molecule has 1 aromatic carbocycles. The Balaban J connectivity index is 2.12. The standard InChI is InChI=1S/C15H19F3N2O3/c1-19-5-7-20(8-6-19)10-13(21)12-9-11(23-15(16,17)18)3-4-14(12)22-2/h3-4,9H,5-8,10H2,1-2H3. The first-order valence-corrected chi connectivity index (χ1v) is 7.16. The third-order valence-corrected chi connectivity index (χ3v) is 3.67. The number of hydrogen-bond donors (Lipinski definition) is 0. The number of likely N-dealkylation sites (N-methyl/N-ethyl adjacent to an activating group) is 1. The van der Waals surface area contributed by atoms with Crippen LogP contribution in [0.4, 0.5) is 13.2 Å². The molecule has 1 aromatic rings. The number of piperazine rings is 1. The quantitative estimate of drug-likeness (QED) is 0.772. The molecule has 2 rings (SSSR count). The van der Waals surface area contributed by atoms with Crippen LogP contribution < -0.4 is 9.47 Å². The van der Waals surface area contributed by atoms with E-state index in [0.717, 1.165) is 38.3 Å². The lowest BCUT2D eigenvalue weighted by Crippen LogP contribution is -2.46. The van der Waals surface area contributed by atoms with Gasteiger partial charge in [-0.05, 0) is 25.2 Å². The lowest BCUT2D eigenvalue weighted by molar-refractivity contribution is -0.274. The molecule has 1 heterocycles. The molecule has 1 saturated heterocycles. The van der Waals surface area contributed by atoms with Crippen LogP contribution >= 0.6 is 0 Å². The highest BCUT2D eigenvalue weighted by atomic mass is 19.4. The molecule has 0 radical (unpaired) electrons. The molecule has 0 aromatic heterocycles. The van der Waals surface area contributed by atoms with Crippen molar-refractivity contribution in [2.45, 2.75) is 6.36 Å². The lowest BCUT2D eigenvalue weighted by atomic mass is 10.1. The predicted molar refractivity (Wildman–Crippen MR) is 77.9 cm³/mol. The van der Waals surface area contributed by atoms with Crippen molar-refractivity contribution in [1.82, 2.24) is 9.80 Å². The zero-order valence-corrected chi connectivity index (χ0v) is 13.0. The van der Waals surface area contributed by atoms with Gasteiger partial charge in [0.05, 0.1) is 19.2 Å². The normalized spacial score (nSPS) is 17.1. The van der Waals surface area contributed by atoms with Crippen LogP contribution in [0.2, 0.25) is 0 Å². The van der Waals surface area contributed by atoms with E-state index in [1.807, 2.05) is 11.9 Å². The maximum absolute atomic E-state index is 12.4. The number of ether oxygens (including phenoxy) is 2. The number of rotatable bonds is 5. The van der Waals surface area contributed by atoms with Crippen molar-refractivity contribution in [2.24, 2.45) is 0 Å². The number of hydrogen-bond acceptors (Lipinski definition) is 5. The molecule has 23 heavy (non-hydrogen) atoms. The number of alkyl halides is 3. The summed E-state index contributed by atoms with van der Waals surface area (Å²) in [4.78, 5) is 16.5. The second-order valence-corrected chi connectivity index (χ2v) is 5.41. The van der Waals surface area contributed by atoms with Crippen molar-refractivity contribution in [2.75, 3.05) is 46.9 Å². The number of carbonyl (C=O) groups excluding carboxylic acids is 1. The van der Waals surface area contributed by atoms with Crippen molar-refractivity contribution in [3.8, 4) is 11.5 Å². The summed E-state index contributed by atoms with van der Waals surface area (Å²) in [6.07, 6.45) is -4.80. The summed E-state index contributed by atoms with van der Waals surface area (Å²) in [5.74, 6) is -0.488. The maximum Gasteiger partial charge on any atom is 0.573 e. The number of halogens is 3. The summed E-state index contributed by atoms with van der Waals surface area (Å²) in [5, 5.41) is 0. The molecule has 0 bridgehead atoms. The minimum atomic E-state index is -4.80. The summed E-state index contributed by atoms with van der Waals surface area (Å²) in [7, 11) is 3.37. The van der Waals surface area contributed by atoms with E-state index in [1.54, 1.807) is 0 Å². The molecule has 5 nitrogen and oxygen atoms in total. The molecule has 0 amide bonds. The molecule has 0 unspecified atom stereocenters. The Bertz CT molecular complexity index is 555. The Morgan fingerprint density at radius 1 is 1.22 bits per heavy atom. The number of Topliss-reactive ketones (excluding diaryl/α,β-unsaturated/α-hetero) is 1. The van der Waals surface area contributed by atoms with Crippen molar-refractivity contribution in [3.63, 3.8) is 0 Å². The predicted octanol–water partition coefficient (Wildman–Crippen LogP) is 2.02. The van der Waals surface area contributed by atoms with Crippen LogP contribution in [0.25, 0.3) is 0 Å². The highest BCUT2D eigenvalue weighted by molar-refractivity contribution is 6.00. The Kier molecular flexibility index (Phi) is 5.48. The van der Waals surface area contributed by atoms with Crippen LogP contribution in [-0.4, -0.2) is 68.8 Å². The summed E-state index contributed by atoms with van der Waals surface area (Å²) in [6.45, 7) is 3.32. The fourth-order valence-corrected chi connectivity index (χ4v) is 2.40. The molecule has 0 N–H and O–H groups in total. The van der Waals surface area contributed by atoms with Gasteiger partial charge in [-0.25, -0.2) is 0 Å². The lowest BCUT2D eigenvalue weighted by Gasteiger charge is -2.31. The average Bonchev–Trinajstić information content (AvgIpc) is 2.48. The molecule has 8 heteroatoms. The summed E-state index contributed by atoms with van der Waals surface area (Å²) >= 11 is 0. The van der Waals surface area contributed by atoms with Crippen LogP contribution in [0.3, 0.4) is 0 Å². The third-order valence-electron chi connectivity index (χ3n) is 3.67. The van der Waals surface area contributed by atoms with Gasteiger partial charge in [0.15, 0.2) is 5.78 Å². The highest BCUT2D eigenvalue weighted by Crippen LogP contribution is 2.28. The van der Waals surface area contributed by atoms with E-state index >= 15 is 0 Å². The molecule has 1 aliphatic rings. The van der Waals surface area contributed by atoms with E-state index in [4.69, 9.17) is 4.74 Å². The van der Waals surface area contributed by atoms with E-state index in [2.05, 4.69) is 9.64 Å². The molecule has 0 saturated carbocycles. The number of ketones is 1. The topological polar surface area (TPSA) is 42.0 Å². The molecular weight excluding hydrogens is 313 g/mol. The summed E-state index contributed by atoms with van der Waals surface area (Å²) < 4.78 is 45.9. The summed E-state index contributed by atoms with van der Waals surface area (Å²) in [6, 6.07) is 3.50. The first kappa shape index (κ1) is 17.6. The van der Waals surface area contributed by atoms with Gasteiger partial charge >= 0.3 is 6.36 Å². The first-order chi connectivity index (χ1) is 10.8. The fraction of sp³-hybridized carbons (Fsp3) is 0.533. The van der Waals surface area contributed by atoms with E-state index in [9.17, 15) is 18.0 Å². The number of methoxy groups -OCH3 is 1. The molecule has 0 atom stereocenters. The number of carbonyl (C=O) groups is 1. The number of benzene rings is 1. The van der Waals surface area contributed by atoms with Gasteiger partial charge in [0.25, 0.3) is 0 Å². The van der Waals surface area contributed by atoms with Gasteiger partial charge in [-0.3, -0.25) is 9.69 Å². The van der Waals surface area contributed by atoms with Crippen molar-refractivity contribution in [1.29, 1.82) is 0 Å². The average molecular weight is 332 g/mol. The zero-order valence-electron chi connectivity index (χ0n) is 13.0. The molecular formula is C15H19F3N2O3. The molecule has 1 aliphatic heterocycles. The van der Waals surface area contributed by atoms with Crippen molar-refractivity contribution >= 4 is 5.78 Å². The largest absolute Gasteiger partial charge is 0.573 e. The van der Waals surface area contributed by atoms with Gasteiger partial charge in [-0.15, -0.1) is 13.2 Å². The monoisotopic (exact) mass is 332 g/mol. The van der Waals surface area contributed by atoms with Gasteiger partial charge in [-0.2, -0.15) is 0 Å². The second-order valence-electron chi connectivity index (χ2n) is 5.41. The minimum Gasteiger partial charge on any atom is -0.496 e. The van der Waals surface area contributed by atoms with Crippen LogP contribution in [0.5, 0.6) is 11.5 Å². The van der Waals surface area contributed by atoms with E-state index in [1.165, 1.54) is 13.2 Å². The van der Waals surface area contributed by atoms with E-state index in [-0.39, 0.29) is 23.6 Å². The van der Waals surface area contributed by atoms with Gasteiger partial charge in [0.1, 0.15) is 11.5 Å². The van der Waals surface area contributed by atoms with Crippen LogP contribution in [0.15, 0.2) is 18.2 Å². The van der Waals surface area contributed by atoms with Gasteiger partial charge in [0, 0.05) is 26.2 Å². The van der Waals surface area contributed by atoms with Crippen LogP contribution in [-0.2, 0) is 0 Å². The SMILES string of the molecule is COc1ccc(OC(F)(F)F)cc1C(=O)CN1CCN(C)CC1. The maximum atomic E-state index is 12.4. The molecule has 1 fully saturated rings. The molecule has 0 spiro atoms. The van der Waals surface area contributed by atoms with Gasteiger partial charge in [0.2, 0.25) is 0 Å². The third kappa shape index (κ3) is 5.11. The smallest absolute Gasteiger partial charge is 0.496 e. The van der Waals surface area contributed by atoms with Crippen molar-refractivity contribution in [3.05, 3.63) is 23.8 Å². The Hall–Kier alpha value is -1.80. The highest BCUT2D eigenvalue weighted by Gasteiger charge is 2.31. The molecule has 0 aliphatic carbocycles. The zero-order chi connectivity index (χ0) is 17.0. The first-order valence-electron chi connectivity index (χ1n) is 7.16. The molecule has 128 valence electrons. The van der Waals surface area contributed by atoms with E-state index < -0.39 is 12.1 Å². The van der Waals surface area contributed by atoms with Crippen molar-refractivity contribution < 1.29 is 27.4 Å².